The van der Waals surface area contributed by atoms with Crippen LogP contribution in [0.3, 0.4) is 0 Å². The number of nitrogens with zero attached hydrogens (tertiary/aromatic N) is 2. The molecular formula is C25H25ClN2O4S. The monoisotopic (exact) mass is 484 g/mol. The van der Waals surface area contributed by atoms with Gasteiger partial charge in [0.15, 0.2) is 0 Å². The lowest BCUT2D eigenvalue weighted by Gasteiger charge is -2.30. The summed E-state index contributed by atoms with van der Waals surface area (Å²) in [5, 5.41) is 0.475. The van der Waals surface area contributed by atoms with Crippen molar-refractivity contribution < 1.29 is 17.9 Å². The summed E-state index contributed by atoms with van der Waals surface area (Å²) in [6.07, 6.45) is 1.71. The Morgan fingerprint density at radius 1 is 1.03 bits per heavy atom. The molecule has 0 aromatic heterocycles. The average Bonchev–Trinajstić information content (AvgIpc) is 3.34. The molecule has 0 bridgehead atoms. The maximum atomic E-state index is 13.7. The van der Waals surface area contributed by atoms with Crippen molar-refractivity contribution in [1.82, 2.24) is 4.90 Å². The van der Waals surface area contributed by atoms with Crippen LogP contribution in [0.4, 0.5) is 5.69 Å². The normalized spacial score (nSPS) is 15.9. The van der Waals surface area contributed by atoms with Gasteiger partial charge in [-0.1, -0.05) is 54.1 Å². The van der Waals surface area contributed by atoms with Crippen LogP contribution in [0.1, 0.15) is 24.4 Å². The minimum atomic E-state index is -4.10. The Hall–Kier alpha value is -3.03. The maximum absolute atomic E-state index is 13.7. The standard InChI is InChI=1S/C25H25ClN2O4S/c1-32-23-11-5-6-12-24(23)33(30,31)28(21-15-13-20(26)14-16-21)18-25(29)27-17-7-10-22(27)19-8-3-2-4-9-19/h2-6,8-9,11-16,22H,7,10,17-18H2,1H3. The van der Waals surface area contributed by atoms with Gasteiger partial charge in [-0.3, -0.25) is 9.10 Å². The SMILES string of the molecule is COc1ccccc1S(=O)(=O)N(CC(=O)N1CCCC1c1ccccc1)c1ccc(Cl)cc1. The minimum Gasteiger partial charge on any atom is -0.495 e. The van der Waals surface area contributed by atoms with Crippen molar-refractivity contribution in [3.63, 3.8) is 0 Å². The van der Waals surface area contributed by atoms with E-state index < -0.39 is 10.0 Å². The van der Waals surface area contributed by atoms with Gasteiger partial charge in [-0.15, -0.1) is 0 Å². The smallest absolute Gasteiger partial charge is 0.268 e. The van der Waals surface area contributed by atoms with E-state index in [0.29, 0.717) is 17.3 Å². The Labute approximate surface area is 199 Å². The number of carbonyl (C=O) groups excluding carboxylic acids is 1. The number of para-hydroxylation sites is 1. The summed E-state index contributed by atoms with van der Waals surface area (Å²) in [7, 11) is -2.68. The molecule has 0 N–H and O–H groups in total. The van der Waals surface area contributed by atoms with Crippen LogP contribution in [-0.4, -0.2) is 39.4 Å². The van der Waals surface area contributed by atoms with Gasteiger partial charge in [0.1, 0.15) is 17.2 Å². The molecule has 3 aromatic rings. The number of halogens is 1. The Bertz CT molecular complexity index is 1220. The molecule has 1 amide bonds. The molecule has 0 spiro atoms. The van der Waals surface area contributed by atoms with Crippen molar-refractivity contribution in [1.29, 1.82) is 0 Å². The lowest BCUT2D eigenvalue weighted by molar-refractivity contribution is -0.130. The zero-order valence-electron chi connectivity index (χ0n) is 18.2. The summed E-state index contributed by atoms with van der Waals surface area (Å²) in [6.45, 7) is 0.257. The zero-order chi connectivity index (χ0) is 23.4. The number of carbonyl (C=O) groups is 1. The van der Waals surface area contributed by atoms with Gasteiger partial charge in [0.25, 0.3) is 10.0 Å². The van der Waals surface area contributed by atoms with Gasteiger partial charge in [-0.2, -0.15) is 0 Å². The van der Waals surface area contributed by atoms with Crippen molar-refractivity contribution >= 4 is 33.2 Å². The van der Waals surface area contributed by atoms with Gasteiger partial charge in [-0.05, 0) is 54.8 Å². The number of amides is 1. The Morgan fingerprint density at radius 2 is 1.70 bits per heavy atom. The van der Waals surface area contributed by atoms with Crippen LogP contribution in [0.2, 0.25) is 5.02 Å². The highest BCUT2D eigenvalue weighted by Gasteiger charge is 2.35. The van der Waals surface area contributed by atoms with Crippen LogP contribution < -0.4 is 9.04 Å². The molecule has 33 heavy (non-hydrogen) atoms. The van der Waals surface area contributed by atoms with Crippen molar-refractivity contribution in [2.75, 3.05) is 24.5 Å². The van der Waals surface area contributed by atoms with Gasteiger partial charge in [-0.25, -0.2) is 8.42 Å². The van der Waals surface area contributed by atoms with Crippen LogP contribution in [-0.2, 0) is 14.8 Å². The average molecular weight is 485 g/mol. The van der Waals surface area contributed by atoms with E-state index in [1.807, 2.05) is 30.3 Å². The van der Waals surface area contributed by atoms with Crippen LogP contribution in [0.15, 0.2) is 83.8 Å². The van der Waals surface area contributed by atoms with Crippen molar-refractivity contribution in [3.05, 3.63) is 89.4 Å². The largest absolute Gasteiger partial charge is 0.495 e. The summed E-state index contributed by atoms with van der Waals surface area (Å²) in [6, 6.07) is 22.6. The number of methoxy groups -OCH3 is 1. The highest BCUT2D eigenvalue weighted by atomic mass is 35.5. The molecule has 0 saturated carbocycles. The van der Waals surface area contributed by atoms with E-state index in [2.05, 4.69) is 0 Å². The second-order valence-electron chi connectivity index (χ2n) is 7.79. The Morgan fingerprint density at radius 3 is 2.39 bits per heavy atom. The third kappa shape index (κ3) is 4.84. The van der Waals surface area contributed by atoms with E-state index in [0.717, 1.165) is 22.7 Å². The molecule has 4 rings (SSSR count). The number of likely N-dealkylation sites (tertiary alicyclic amines) is 1. The molecule has 1 atom stereocenters. The Balaban J connectivity index is 1.70. The van der Waals surface area contributed by atoms with E-state index >= 15 is 0 Å². The number of benzene rings is 3. The summed E-state index contributed by atoms with van der Waals surface area (Å²) in [5.74, 6) is -0.0398. The molecule has 1 aliphatic heterocycles. The number of ether oxygens (including phenoxy) is 1. The van der Waals surface area contributed by atoms with Crippen molar-refractivity contribution in [2.24, 2.45) is 0 Å². The fourth-order valence-electron chi connectivity index (χ4n) is 4.17. The van der Waals surface area contributed by atoms with Crippen LogP contribution >= 0.6 is 11.6 Å². The predicted octanol–water partition coefficient (Wildman–Crippen LogP) is 4.91. The topological polar surface area (TPSA) is 66.9 Å². The summed E-state index contributed by atoms with van der Waals surface area (Å²) in [4.78, 5) is 15.2. The molecule has 1 saturated heterocycles. The first-order chi connectivity index (χ1) is 15.9. The van der Waals surface area contributed by atoms with E-state index in [1.165, 1.54) is 13.2 Å². The lowest BCUT2D eigenvalue weighted by atomic mass is 10.0. The number of hydrogen-bond acceptors (Lipinski definition) is 4. The minimum absolute atomic E-state index is 0.00344. The third-order valence-electron chi connectivity index (χ3n) is 5.79. The molecule has 1 fully saturated rings. The molecule has 3 aromatic carbocycles. The van der Waals surface area contributed by atoms with Crippen molar-refractivity contribution in [3.8, 4) is 5.75 Å². The van der Waals surface area contributed by atoms with E-state index in [9.17, 15) is 13.2 Å². The molecule has 1 heterocycles. The zero-order valence-corrected chi connectivity index (χ0v) is 19.8. The number of hydrogen-bond donors (Lipinski definition) is 0. The summed E-state index contributed by atoms with van der Waals surface area (Å²) in [5.41, 5.74) is 1.41. The highest BCUT2D eigenvalue weighted by molar-refractivity contribution is 7.93. The maximum Gasteiger partial charge on any atom is 0.268 e. The van der Waals surface area contributed by atoms with E-state index in [-0.39, 0.29) is 29.1 Å². The molecule has 172 valence electrons. The molecule has 0 aliphatic carbocycles. The van der Waals surface area contributed by atoms with Gasteiger partial charge < -0.3 is 9.64 Å². The first-order valence-corrected chi connectivity index (χ1v) is 12.5. The van der Waals surface area contributed by atoms with Crippen LogP contribution in [0, 0.1) is 0 Å². The quantitative estimate of drug-likeness (QED) is 0.478. The fourth-order valence-corrected chi connectivity index (χ4v) is 5.87. The molecule has 0 radical (unpaired) electrons. The molecular weight excluding hydrogens is 460 g/mol. The van der Waals surface area contributed by atoms with Gasteiger partial charge >= 0.3 is 0 Å². The highest BCUT2D eigenvalue weighted by Crippen LogP contribution is 2.34. The van der Waals surface area contributed by atoms with E-state index in [1.54, 1.807) is 47.4 Å². The molecule has 6 nitrogen and oxygen atoms in total. The first kappa shape index (κ1) is 23.1. The number of anilines is 1. The summed E-state index contributed by atoms with van der Waals surface area (Å²) >= 11 is 6.03. The molecule has 1 unspecified atom stereocenters. The second-order valence-corrected chi connectivity index (χ2v) is 10.1. The lowest BCUT2D eigenvalue weighted by Crippen LogP contribution is -2.43. The van der Waals surface area contributed by atoms with Crippen LogP contribution in [0.25, 0.3) is 0 Å². The van der Waals surface area contributed by atoms with E-state index in [4.69, 9.17) is 16.3 Å². The second kappa shape index (κ2) is 9.85. The predicted molar refractivity (Wildman–Crippen MR) is 129 cm³/mol. The van der Waals surface area contributed by atoms with Gasteiger partial charge in [0.05, 0.1) is 18.8 Å². The van der Waals surface area contributed by atoms with Crippen molar-refractivity contribution in [2.45, 2.75) is 23.8 Å². The molecule has 1 aliphatic rings. The number of sulfonamides is 1. The third-order valence-corrected chi connectivity index (χ3v) is 7.85. The van der Waals surface area contributed by atoms with Gasteiger partial charge in [0.2, 0.25) is 5.91 Å². The fraction of sp³-hybridized carbons (Fsp3) is 0.240. The van der Waals surface area contributed by atoms with Gasteiger partial charge in [0, 0.05) is 11.6 Å². The van der Waals surface area contributed by atoms with Crippen LogP contribution in [0.5, 0.6) is 5.75 Å². The summed E-state index contributed by atoms with van der Waals surface area (Å²) < 4.78 is 33.9. The molecule has 8 heteroatoms. The number of rotatable bonds is 7. The Kier molecular flexibility index (Phi) is 6.91. The first-order valence-electron chi connectivity index (χ1n) is 10.7.